The molecule has 466 valence electrons. The van der Waals surface area contributed by atoms with E-state index in [0.717, 1.165) is 109 Å². The normalized spacial score (nSPS) is 12.7. The smallest absolute Gasteiger partial charge is 0.306 e. The molecule has 0 amide bonds. The second kappa shape index (κ2) is 68.8. The monoisotopic (exact) mass is 1130 g/mol. The van der Waals surface area contributed by atoms with Crippen LogP contribution in [0.3, 0.4) is 0 Å². The zero-order valence-corrected chi connectivity index (χ0v) is 53.5. The number of carbonyl (C=O) groups is 3. The van der Waals surface area contributed by atoms with Crippen LogP contribution in [0.1, 0.15) is 342 Å². The van der Waals surface area contributed by atoms with Gasteiger partial charge < -0.3 is 14.2 Å². The Bertz CT molecular complexity index is 1580. The molecule has 0 spiro atoms. The lowest BCUT2D eigenvalue weighted by Gasteiger charge is -2.18. The number of allylic oxidation sites excluding steroid dienone is 16. The van der Waals surface area contributed by atoms with Crippen LogP contribution in [0.15, 0.2) is 97.2 Å². The Balaban J connectivity index is 4.36. The molecule has 0 heterocycles. The second-order valence-electron chi connectivity index (χ2n) is 23.1. The van der Waals surface area contributed by atoms with Crippen molar-refractivity contribution in [1.82, 2.24) is 0 Å². The molecule has 0 aromatic carbocycles. The van der Waals surface area contributed by atoms with Gasteiger partial charge in [0, 0.05) is 19.3 Å². The van der Waals surface area contributed by atoms with Crippen LogP contribution in [0.5, 0.6) is 0 Å². The molecule has 0 N–H and O–H groups in total. The standard InChI is InChI=1S/C75H130O6/c1-4-7-10-13-16-19-22-25-28-31-33-34-35-36-37-38-39-40-42-44-47-50-53-56-59-62-65-68-74(77)80-71-72(70-79-73(76)67-64-61-58-55-52-49-46-43-30-27-24-21-18-15-12-9-6-3)81-75(78)69-66-63-60-57-54-51-48-45-41-32-29-26-23-20-17-14-11-8-5-2/h17-18,20-22,25-27,29-31,33,35-36,41,45,72H,4-16,19,23-24,28,32,34,37-40,42-44,46-71H2,1-3H3/b20-17-,21-18-,25-22-,29-26-,30-27-,33-31-,36-35-,45-41-. The van der Waals surface area contributed by atoms with Gasteiger partial charge in [0.1, 0.15) is 13.2 Å². The molecule has 0 radical (unpaired) electrons. The minimum absolute atomic E-state index is 0.0855. The summed E-state index contributed by atoms with van der Waals surface area (Å²) in [5, 5.41) is 0. The maximum Gasteiger partial charge on any atom is 0.306 e. The van der Waals surface area contributed by atoms with E-state index in [0.29, 0.717) is 19.3 Å². The molecule has 0 aliphatic carbocycles. The van der Waals surface area contributed by atoms with Gasteiger partial charge in [-0.2, -0.15) is 0 Å². The first-order chi connectivity index (χ1) is 40.0. The van der Waals surface area contributed by atoms with Crippen molar-refractivity contribution in [1.29, 1.82) is 0 Å². The Hall–Kier alpha value is -3.67. The van der Waals surface area contributed by atoms with Gasteiger partial charge in [-0.1, -0.05) is 291 Å². The number of hydrogen-bond donors (Lipinski definition) is 0. The van der Waals surface area contributed by atoms with Crippen LogP contribution in [0.25, 0.3) is 0 Å². The van der Waals surface area contributed by atoms with Crippen molar-refractivity contribution in [2.75, 3.05) is 13.2 Å². The molecular weight excluding hydrogens is 997 g/mol. The first kappa shape index (κ1) is 77.3. The van der Waals surface area contributed by atoms with Crippen LogP contribution in [0.4, 0.5) is 0 Å². The van der Waals surface area contributed by atoms with E-state index in [1.807, 2.05) is 0 Å². The molecule has 0 rings (SSSR count). The van der Waals surface area contributed by atoms with Crippen molar-refractivity contribution in [3.8, 4) is 0 Å². The average molecular weight is 1130 g/mol. The van der Waals surface area contributed by atoms with Gasteiger partial charge in [-0.05, 0) is 128 Å². The molecule has 0 aromatic heterocycles. The van der Waals surface area contributed by atoms with E-state index in [-0.39, 0.29) is 31.1 Å². The van der Waals surface area contributed by atoms with Gasteiger partial charge in [0.25, 0.3) is 0 Å². The predicted octanol–water partition coefficient (Wildman–Crippen LogP) is 24.0. The minimum atomic E-state index is -0.792. The van der Waals surface area contributed by atoms with Crippen molar-refractivity contribution in [3.63, 3.8) is 0 Å². The molecule has 6 heteroatoms. The Morgan fingerprint density at radius 3 is 0.716 bits per heavy atom. The number of rotatable bonds is 63. The fraction of sp³-hybridized carbons (Fsp3) is 0.747. The molecule has 1 atom stereocenters. The van der Waals surface area contributed by atoms with Crippen LogP contribution in [-0.4, -0.2) is 37.2 Å². The largest absolute Gasteiger partial charge is 0.462 e. The van der Waals surface area contributed by atoms with E-state index in [2.05, 4.69) is 118 Å². The highest BCUT2D eigenvalue weighted by Gasteiger charge is 2.19. The first-order valence-corrected chi connectivity index (χ1v) is 34.7. The van der Waals surface area contributed by atoms with Gasteiger partial charge >= 0.3 is 17.9 Å². The predicted molar refractivity (Wildman–Crippen MR) is 353 cm³/mol. The number of esters is 3. The maximum absolute atomic E-state index is 12.9. The Morgan fingerprint density at radius 2 is 0.444 bits per heavy atom. The molecular formula is C75H130O6. The van der Waals surface area contributed by atoms with Crippen molar-refractivity contribution in [2.24, 2.45) is 0 Å². The van der Waals surface area contributed by atoms with Crippen LogP contribution in [0, 0.1) is 0 Å². The Kier molecular flexibility index (Phi) is 65.7. The summed E-state index contributed by atoms with van der Waals surface area (Å²) in [7, 11) is 0. The van der Waals surface area contributed by atoms with Gasteiger partial charge in [0.2, 0.25) is 0 Å². The third kappa shape index (κ3) is 67.0. The summed E-state index contributed by atoms with van der Waals surface area (Å²) in [5.74, 6) is -0.894. The number of carbonyl (C=O) groups excluding carboxylic acids is 3. The van der Waals surface area contributed by atoms with Crippen molar-refractivity contribution >= 4 is 17.9 Å². The summed E-state index contributed by atoms with van der Waals surface area (Å²) in [6.07, 6.45) is 92.7. The summed E-state index contributed by atoms with van der Waals surface area (Å²) >= 11 is 0. The fourth-order valence-electron chi connectivity index (χ4n) is 9.78. The zero-order valence-electron chi connectivity index (χ0n) is 53.5. The van der Waals surface area contributed by atoms with Crippen molar-refractivity contribution in [2.45, 2.75) is 348 Å². The van der Waals surface area contributed by atoms with E-state index in [4.69, 9.17) is 14.2 Å². The highest BCUT2D eigenvalue weighted by atomic mass is 16.6. The van der Waals surface area contributed by atoms with E-state index in [1.54, 1.807) is 0 Å². The van der Waals surface area contributed by atoms with Gasteiger partial charge in [-0.15, -0.1) is 0 Å². The quantitative estimate of drug-likeness (QED) is 0.0261. The molecule has 0 bridgehead atoms. The molecule has 0 fully saturated rings. The molecule has 0 saturated heterocycles. The van der Waals surface area contributed by atoms with Gasteiger partial charge in [-0.3, -0.25) is 14.4 Å². The Labute approximate surface area is 502 Å². The maximum atomic E-state index is 12.9. The molecule has 0 saturated carbocycles. The lowest BCUT2D eigenvalue weighted by Crippen LogP contribution is -2.30. The first-order valence-electron chi connectivity index (χ1n) is 34.7. The lowest BCUT2D eigenvalue weighted by molar-refractivity contribution is -0.167. The van der Waals surface area contributed by atoms with Crippen LogP contribution >= 0.6 is 0 Å². The van der Waals surface area contributed by atoms with E-state index < -0.39 is 6.10 Å². The molecule has 6 nitrogen and oxygen atoms in total. The topological polar surface area (TPSA) is 78.9 Å². The number of ether oxygens (including phenoxy) is 3. The molecule has 81 heavy (non-hydrogen) atoms. The van der Waals surface area contributed by atoms with Crippen LogP contribution in [0.2, 0.25) is 0 Å². The minimum Gasteiger partial charge on any atom is -0.462 e. The zero-order chi connectivity index (χ0) is 58.5. The SMILES string of the molecule is CCCCC/C=C\C/C=C\C/C=C\CCCCCCCCC(=O)OC(COC(=O)CCCCCCCCC/C=C\C/C=C\CCCCC)COC(=O)CCCCCCCCCCCCCC/C=C\C/C=C\C/C=C\CCCCCCC. The molecule has 0 aliphatic heterocycles. The molecule has 0 aromatic rings. The van der Waals surface area contributed by atoms with Crippen molar-refractivity contribution < 1.29 is 28.6 Å². The second-order valence-corrected chi connectivity index (χ2v) is 23.1. The summed E-state index contributed by atoms with van der Waals surface area (Å²) in [4.78, 5) is 38.4. The van der Waals surface area contributed by atoms with Gasteiger partial charge in [0.15, 0.2) is 6.10 Å². The summed E-state index contributed by atoms with van der Waals surface area (Å²) in [6.45, 7) is 6.59. The average Bonchev–Trinajstić information content (AvgIpc) is 3.47. The summed E-state index contributed by atoms with van der Waals surface area (Å²) < 4.78 is 17.0. The van der Waals surface area contributed by atoms with Gasteiger partial charge in [-0.25, -0.2) is 0 Å². The molecule has 0 aliphatic rings. The van der Waals surface area contributed by atoms with Crippen molar-refractivity contribution in [3.05, 3.63) is 97.2 Å². The van der Waals surface area contributed by atoms with Crippen LogP contribution in [-0.2, 0) is 28.6 Å². The van der Waals surface area contributed by atoms with E-state index >= 15 is 0 Å². The summed E-state index contributed by atoms with van der Waals surface area (Å²) in [6, 6.07) is 0. The highest BCUT2D eigenvalue weighted by Crippen LogP contribution is 2.16. The van der Waals surface area contributed by atoms with E-state index in [9.17, 15) is 14.4 Å². The van der Waals surface area contributed by atoms with E-state index in [1.165, 1.54) is 193 Å². The molecule has 1 unspecified atom stereocenters. The number of hydrogen-bond acceptors (Lipinski definition) is 6. The third-order valence-corrected chi connectivity index (χ3v) is 15.0. The third-order valence-electron chi connectivity index (χ3n) is 15.0. The fourth-order valence-corrected chi connectivity index (χ4v) is 9.78. The summed E-state index contributed by atoms with van der Waals surface area (Å²) in [5.41, 5.74) is 0. The highest BCUT2D eigenvalue weighted by molar-refractivity contribution is 5.71. The van der Waals surface area contributed by atoms with Gasteiger partial charge in [0.05, 0.1) is 0 Å². The Morgan fingerprint density at radius 1 is 0.247 bits per heavy atom. The lowest BCUT2D eigenvalue weighted by atomic mass is 10.0. The number of unbranched alkanes of at least 4 members (excludes halogenated alkanes) is 36. The van der Waals surface area contributed by atoms with Crippen LogP contribution < -0.4 is 0 Å².